The molecule has 1 amide bonds. The Morgan fingerprint density at radius 3 is 2.50 bits per heavy atom. The Kier molecular flexibility index (Phi) is 5.58. The number of hydrogen-bond acceptors (Lipinski definition) is 3. The summed E-state index contributed by atoms with van der Waals surface area (Å²) >= 11 is 0. The fraction of sp³-hybridized carbons (Fsp3) is 0.417. The van der Waals surface area contributed by atoms with Gasteiger partial charge in [0.25, 0.3) is 0 Å². The highest BCUT2D eigenvalue weighted by Gasteiger charge is 2.36. The Hall–Kier alpha value is -2.46. The van der Waals surface area contributed by atoms with Crippen molar-refractivity contribution >= 4 is 17.4 Å². The second kappa shape index (κ2) is 8.27. The number of Topliss-reactive ketones (excluding diaryl/α,β-unsaturated/α-hetero) is 1. The standard InChI is InChI=1S/C24H28N2O2/c1-17(27)18-9-11-20(12-10-18)25-24(28)15-16-26(21-13-14-21)23-8-4-6-19-5-2-3-7-22(19)23/h2-3,5,7,9-12,21,23H,4,6,8,13-16H2,1H3,(H,25,28). The second-order valence-corrected chi connectivity index (χ2v) is 8.01. The van der Waals surface area contributed by atoms with Crippen LogP contribution in [0, 0.1) is 0 Å². The molecule has 4 heteroatoms. The van der Waals surface area contributed by atoms with Gasteiger partial charge in [-0.25, -0.2) is 0 Å². The molecule has 2 aliphatic rings. The van der Waals surface area contributed by atoms with Crippen molar-refractivity contribution in [3.8, 4) is 0 Å². The summed E-state index contributed by atoms with van der Waals surface area (Å²) in [6, 6.07) is 17.0. The maximum atomic E-state index is 12.5. The van der Waals surface area contributed by atoms with Crippen LogP contribution in [0.25, 0.3) is 0 Å². The van der Waals surface area contributed by atoms with Crippen molar-refractivity contribution in [3.05, 3.63) is 65.2 Å². The predicted molar refractivity (Wildman–Crippen MR) is 112 cm³/mol. The summed E-state index contributed by atoms with van der Waals surface area (Å²) in [5.41, 5.74) is 4.34. The molecule has 0 heterocycles. The number of nitrogens with zero attached hydrogens (tertiary/aromatic N) is 1. The van der Waals surface area contributed by atoms with Crippen LogP contribution in [-0.2, 0) is 11.2 Å². The lowest BCUT2D eigenvalue weighted by atomic mass is 9.86. The average Bonchev–Trinajstić information content (AvgIpc) is 3.54. The number of aryl methyl sites for hydroxylation is 1. The first-order chi connectivity index (χ1) is 13.6. The minimum atomic E-state index is 0.0327. The molecule has 2 aliphatic carbocycles. The van der Waals surface area contributed by atoms with Crippen LogP contribution in [0.2, 0.25) is 0 Å². The lowest BCUT2D eigenvalue weighted by Crippen LogP contribution is -2.35. The van der Waals surface area contributed by atoms with Gasteiger partial charge in [0.15, 0.2) is 5.78 Å². The third kappa shape index (κ3) is 4.33. The third-order valence-electron chi connectivity index (χ3n) is 5.93. The maximum absolute atomic E-state index is 12.5. The minimum Gasteiger partial charge on any atom is -0.326 e. The van der Waals surface area contributed by atoms with E-state index >= 15 is 0 Å². The van der Waals surface area contributed by atoms with E-state index < -0.39 is 0 Å². The average molecular weight is 377 g/mol. The summed E-state index contributed by atoms with van der Waals surface area (Å²) in [5.74, 6) is 0.0658. The van der Waals surface area contributed by atoms with Crippen molar-refractivity contribution < 1.29 is 9.59 Å². The molecule has 0 spiro atoms. The van der Waals surface area contributed by atoms with Crippen molar-refractivity contribution in [1.29, 1.82) is 0 Å². The van der Waals surface area contributed by atoms with Crippen molar-refractivity contribution in [1.82, 2.24) is 4.90 Å². The first-order valence-corrected chi connectivity index (χ1v) is 10.4. The lowest BCUT2D eigenvalue weighted by Gasteiger charge is -2.36. The monoisotopic (exact) mass is 376 g/mol. The Bertz CT molecular complexity index is 855. The number of amides is 1. The number of nitrogens with one attached hydrogen (secondary N) is 1. The molecule has 4 nitrogen and oxygen atoms in total. The highest BCUT2D eigenvalue weighted by atomic mass is 16.1. The van der Waals surface area contributed by atoms with E-state index in [1.165, 1.54) is 43.2 Å². The number of rotatable bonds is 7. The van der Waals surface area contributed by atoms with E-state index in [4.69, 9.17) is 0 Å². The topological polar surface area (TPSA) is 49.4 Å². The Labute approximate surface area is 166 Å². The van der Waals surface area contributed by atoms with Crippen molar-refractivity contribution in [3.63, 3.8) is 0 Å². The highest BCUT2D eigenvalue weighted by molar-refractivity contribution is 5.95. The zero-order valence-electron chi connectivity index (χ0n) is 16.5. The van der Waals surface area contributed by atoms with Crippen LogP contribution >= 0.6 is 0 Å². The summed E-state index contributed by atoms with van der Waals surface area (Å²) in [6.45, 7) is 2.34. The molecule has 1 fully saturated rings. The fourth-order valence-corrected chi connectivity index (χ4v) is 4.31. The largest absolute Gasteiger partial charge is 0.326 e. The van der Waals surface area contributed by atoms with E-state index in [0.717, 1.165) is 12.2 Å². The summed E-state index contributed by atoms with van der Waals surface area (Å²) in [6.07, 6.45) is 6.55. The van der Waals surface area contributed by atoms with E-state index in [1.54, 1.807) is 31.2 Å². The molecule has 0 saturated heterocycles. The van der Waals surface area contributed by atoms with Crippen LogP contribution in [0.3, 0.4) is 0 Å². The van der Waals surface area contributed by atoms with E-state index in [2.05, 4.69) is 34.5 Å². The molecule has 28 heavy (non-hydrogen) atoms. The lowest BCUT2D eigenvalue weighted by molar-refractivity contribution is -0.116. The Balaban J connectivity index is 1.38. The first-order valence-electron chi connectivity index (χ1n) is 10.4. The van der Waals surface area contributed by atoms with Crippen LogP contribution in [0.15, 0.2) is 48.5 Å². The predicted octanol–water partition coefficient (Wildman–Crippen LogP) is 4.76. The quantitative estimate of drug-likeness (QED) is 0.709. The van der Waals surface area contributed by atoms with Crippen LogP contribution in [0.1, 0.15) is 66.6 Å². The van der Waals surface area contributed by atoms with Gasteiger partial charge in [0, 0.05) is 36.3 Å². The van der Waals surface area contributed by atoms with Gasteiger partial charge in [0.05, 0.1) is 0 Å². The molecule has 0 bridgehead atoms. The van der Waals surface area contributed by atoms with Gasteiger partial charge in [-0.15, -0.1) is 0 Å². The normalized spacial score (nSPS) is 18.6. The molecule has 0 radical (unpaired) electrons. The summed E-state index contributed by atoms with van der Waals surface area (Å²) in [5, 5.41) is 2.97. The zero-order chi connectivity index (χ0) is 19.5. The minimum absolute atomic E-state index is 0.0327. The number of carbonyl (C=O) groups is 2. The Morgan fingerprint density at radius 2 is 1.79 bits per heavy atom. The fourth-order valence-electron chi connectivity index (χ4n) is 4.31. The number of ketones is 1. The number of hydrogen-bond donors (Lipinski definition) is 1. The van der Waals surface area contributed by atoms with E-state index in [9.17, 15) is 9.59 Å². The van der Waals surface area contributed by atoms with Crippen LogP contribution in [0.5, 0.6) is 0 Å². The van der Waals surface area contributed by atoms with Crippen LogP contribution < -0.4 is 5.32 Å². The van der Waals surface area contributed by atoms with Gasteiger partial charge >= 0.3 is 0 Å². The SMILES string of the molecule is CC(=O)c1ccc(NC(=O)CCN(C2CC2)C2CCCc3ccccc32)cc1. The molecule has 1 atom stereocenters. The highest BCUT2D eigenvalue weighted by Crippen LogP contribution is 2.40. The zero-order valence-corrected chi connectivity index (χ0v) is 16.5. The molecule has 1 N–H and O–H groups in total. The summed E-state index contributed by atoms with van der Waals surface area (Å²) in [4.78, 5) is 26.4. The van der Waals surface area contributed by atoms with Crippen LogP contribution in [-0.4, -0.2) is 29.2 Å². The smallest absolute Gasteiger partial charge is 0.225 e. The van der Waals surface area contributed by atoms with Crippen molar-refractivity contribution in [2.45, 2.75) is 57.5 Å². The van der Waals surface area contributed by atoms with Gasteiger partial charge in [-0.1, -0.05) is 24.3 Å². The first kappa shape index (κ1) is 18.9. The van der Waals surface area contributed by atoms with Crippen molar-refractivity contribution in [2.75, 3.05) is 11.9 Å². The molecule has 2 aromatic rings. The van der Waals surface area contributed by atoms with E-state index in [-0.39, 0.29) is 11.7 Å². The second-order valence-electron chi connectivity index (χ2n) is 8.01. The molecule has 0 aromatic heterocycles. The number of benzene rings is 2. The molecule has 146 valence electrons. The number of carbonyl (C=O) groups excluding carboxylic acids is 2. The molecular weight excluding hydrogens is 348 g/mol. The van der Waals surface area contributed by atoms with Gasteiger partial charge in [0.2, 0.25) is 5.91 Å². The summed E-state index contributed by atoms with van der Waals surface area (Å²) < 4.78 is 0. The Morgan fingerprint density at radius 1 is 1.04 bits per heavy atom. The van der Waals surface area contributed by atoms with Gasteiger partial charge in [-0.05, 0) is 74.4 Å². The molecule has 2 aromatic carbocycles. The van der Waals surface area contributed by atoms with Gasteiger partial charge < -0.3 is 5.32 Å². The van der Waals surface area contributed by atoms with E-state index in [1.807, 2.05) is 0 Å². The number of anilines is 1. The molecule has 1 saturated carbocycles. The maximum Gasteiger partial charge on any atom is 0.225 e. The van der Waals surface area contributed by atoms with Gasteiger partial charge in [-0.3, -0.25) is 14.5 Å². The molecular formula is C24H28N2O2. The molecule has 4 rings (SSSR count). The third-order valence-corrected chi connectivity index (χ3v) is 5.93. The van der Waals surface area contributed by atoms with Crippen molar-refractivity contribution in [2.24, 2.45) is 0 Å². The van der Waals surface area contributed by atoms with Gasteiger partial charge in [-0.2, -0.15) is 0 Å². The number of fused-ring (bicyclic) bond motifs is 1. The van der Waals surface area contributed by atoms with Gasteiger partial charge in [0.1, 0.15) is 0 Å². The van der Waals surface area contributed by atoms with Crippen LogP contribution in [0.4, 0.5) is 5.69 Å². The molecule has 0 aliphatic heterocycles. The molecule has 1 unspecified atom stereocenters. The summed E-state index contributed by atoms with van der Waals surface area (Å²) in [7, 11) is 0. The van der Waals surface area contributed by atoms with E-state index in [0.29, 0.717) is 24.1 Å².